The van der Waals surface area contributed by atoms with Crippen molar-refractivity contribution < 1.29 is 9.52 Å². The fourth-order valence-electron chi connectivity index (χ4n) is 1.58. The van der Waals surface area contributed by atoms with Gasteiger partial charge in [-0.05, 0) is 36.8 Å². The van der Waals surface area contributed by atoms with E-state index in [9.17, 15) is 5.11 Å². The summed E-state index contributed by atoms with van der Waals surface area (Å²) >= 11 is 11.8. The van der Waals surface area contributed by atoms with Crippen LogP contribution in [0, 0.1) is 0 Å². The summed E-state index contributed by atoms with van der Waals surface area (Å²) in [5.74, 6) is 1.20. The highest BCUT2D eigenvalue weighted by molar-refractivity contribution is 6.35. The van der Waals surface area contributed by atoms with Crippen LogP contribution < -0.4 is 0 Å². The monoisotopic (exact) mass is 270 g/mol. The minimum Gasteiger partial charge on any atom is -0.458 e. The van der Waals surface area contributed by atoms with Gasteiger partial charge in [-0.25, -0.2) is 0 Å². The second-order valence-corrected chi connectivity index (χ2v) is 4.66. The topological polar surface area (TPSA) is 33.4 Å². The van der Waals surface area contributed by atoms with Crippen molar-refractivity contribution in [2.75, 3.05) is 0 Å². The van der Waals surface area contributed by atoms with Gasteiger partial charge in [0.05, 0.1) is 0 Å². The zero-order chi connectivity index (χ0) is 12.4. The number of aliphatic hydroxyl groups excluding tert-OH is 1. The standard InChI is InChI=1S/C13H12Cl2O2/c1-2-11(16)13-4-3-12(17-13)8-5-9(14)7-10(15)6-8/h3-7,11,16H,2H2,1H3. The molecule has 1 aromatic heterocycles. The van der Waals surface area contributed by atoms with E-state index in [1.165, 1.54) is 0 Å². The molecule has 0 radical (unpaired) electrons. The van der Waals surface area contributed by atoms with Gasteiger partial charge in [-0.1, -0.05) is 30.1 Å². The number of hydrogen-bond donors (Lipinski definition) is 1. The lowest BCUT2D eigenvalue weighted by Gasteiger charge is -2.03. The van der Waals surface area contributed by atoms with Crippen molar-refractivity contribution in [3.05, 3.63) is 46.1 Å². The zero-order valence-corrected chi connectivity index (χ0v) is 10.8. The molecule has 2 rings (SSSR count). The summed E-state index contributed by atoms with van der Waals surface area (Å²) in [6.07, 6.45) is 0.0434. The van der Waals surface area contributed by atoms with Crippen LogP contribution >= 0.6 is 23.2 Å². The third-order valence-corrected chi connectivity index (χ3v) is 2.93. The van der Waals surface area contributed by atoms with Crippen LogP contribution in [-0.2, 0) is 0 Å². The molecule has 0 bridgehead atoms. The zero-order valence-electron chi connectivity index (χ0n) is 9.28. The smallest absolute Gasteiger partial charge is 0.134 e. The Hall–Kier alpha value is -0.960. The van der Waals surface area contributed by atoms with Gasteiger partial charge in [0.25, 0.3) is 0 Å². The van der Waals surface area contributed by atoms with Gasteiger partial charge in [0.15, 0.2) is 0 Å². The van der Waals surface area contributed by atoms with E-state index >= 15 is 0 Å². The highest BCUT2D eigenvalue weighted by atomic mass is 35.5. The molecule has 1 aromatic carbocycles. The van der Waals surface area contributed by atoms with Crippen LogP contribution in [0.5, 0.6) is 0 Å². The minimum atomic E-state index is -0.571. The molecule has 4 heteroatoms. The first-order valence-electron chi connectivity index (χ1n) is 5.34. The van der Waals surface area contributed by atoms with Crippen molar-refractivity contribution in [1.82, 2.24) is 0 Å². The quantitative estimate of drug-likeness (QED) is 0.877. The molecule has 0 amide bonds. The van der Waals surface area contributed by atoms with Gasteiger partial charge < -0.3 is 9.52 Å². The lowest BCUT2D eigenvalue weighted by Crippen LogP contribution is -1.91. The van der Waals surface area contributed by atoms with Gasteiger partial charge in [0.1, 0.15) is 17.6 Å². The van der Waals surface area contributed by atoms with Crippen molar-refractivity contribution in [3.8, 4) is 11.3 Å². The molecule has 1 atom stereocenters. The van der Waals surface area contributed by atoms with E-state index in [1.54, 1.807) is 30.3 Å². The second kappa shape index (κ2) is 5.13. The van der Waals surface area contributed by atoms with E-state index in [4.69, 9.17) is 27.6 Å². The molecule has 17 heavy (non-hydrogen) atoms. The third-order valence-electron chi connectivity index (χ3n) is 2.49. The Morgan fingerprint density at radius 1 is 1.18 bits per heavy atom. The molecular weight excluding hydrogens is 259 g/mol. The normalized spacial score (nSPS) is 12.7. The predicted octanol–water partition coefficient (Wildman–Crippen LogP) is 4.70. The first-order chi connectivity index (χ1) is 8.10. The van der Waals surface area contributed by atoms with Crippen LogP contribution in [0.25, 0.3) is 11.3 Å². The van der Waals surface area contributed by atoms with E-state index in [2.05, 4.69) is 0 Å². The largest absolute Gasteiger partial charge is 0.458 e. The number of halogens is 2. The fourth-order valence-corrected chi connectivity index (χ4v) is 2.11. The Labute approximate surface area is 110 Å². The summed E-state index contributed by atoms with van der Waals surface area (Å²) in [4.78, 5) is 0. The fraction of sp³-hybridized carbons (Fsp3) is 0.231. The average molecular weight is 271 g/mol. The molecular formula is C13H12Cl2O2. The van der Waals surface area contributed by atoms with Crippen molar-refractivity contribution in [2.45, 2.75) is 19.4 Å². The van der Waals surface area contributed by atoms with Crippen LogP contribution in [0.1, 0.15) is 25.2 Å². The van der Waals surface area contributed by atoms with Gasteiger partial charge in [0.2, 0.25) is 0 Å². The first-order valence-corrected chi connectivity index (χ1v) is 6.10. The molecule has 0 aliphatic rings. The van der Waals surface area contributed by atoms with E-state index in [-0.39, 0.29) is 0 Å². The SMILES string of the molecule is CCC(O)c1ccc(-c2cc(Cl)cc(Cl)c2)o1. The van der Waals surface area contributed by atoms with E-state index < -0.39 is 6.10 Å². The molecule has 0 aliphatic heterocycles. The van der Waals surface area contributed by atoms with Gasteiger partial charge in [-0.15, -0.1) is 0 Å². The highest BCUT2D eigenvalue weighted by Crippen LogP contribution is 2.30. The number of rotatable bonds is 3. The van der Waals surface area contributed by atoms with Crippen molar-refractivity contribution >= 4 is 23.2 Å². The maximum atomic E-state index is 9.65. The van der Waals surface area contributed by atoms with Crippen LogP contribution in [0.2, 0.25) is 10.0 Å². The molecule has 0 spiro atoms. The number of hydrogen-bond acceptors (Lipinski definition) is 2. The summed E-state index contributed by atoms with van der Waals surface area (Å²) in [5.41, 5.74) is 0.803. The van der Waals surface area contributed by atoms with Crippen LogP contribution in [-0.4, -0.2) is 5.11 Å². The van der Waals surface area contributed by atoms with Crippen LogP contribution in [0.4, 0.5) is 0 Å². The van der Waals surface area contributed by atoms with Crippen molar-refractivity contribution in [3.63, 3.8) is 0 Å². The molecule has 0 fully saturated rings. The Morgan fingerprint density at radius 3 is 2.41 bits per heavy atom. The Morgan fingerprint density at radius 2 is 1.82 bits per heavy atom. The maximum Gasteiger partial charge on any atom is 0.134 e. The molecule has 90 valence electrons. The van der Waals surface area contributed by atoms with Gasteiger partial charge in [-0.2, -0.15) is 0 Å². The molecule has 2 nitrogen and oxygen atoms in total. The minimum absolute atomic E-state index is 0.554. The molecule has 0 aliphatic carbocycles. The van der Waals surface area contributed by atoms with E-state index in [0.717, 1.165) is 5.56 Å². The molecule has 1 heterocycles. The van der Waals surface area contributed by atoms with E-state index in [0.29, 0.717) is 28.0 Å². The van der Waals surface area contributed by atoms with Crippen molar-refractivity contribution in [1.29, 1.82) is 0 Å². The second-order valence-electron chi connectivity index (χ2n) is 3.78. The molecule has 1 unspecified atom stereocenters. The molecule has 1 N–H and O–H groups in total. The molecule has 0 saturated carbocycles. The van der Waals surface area contributed by atoms with E-state index in [1.807, 2.05) is 6.92 Å². The summed E-state index contributed by atoms with van der Waals surface area (Å²) in [7, 11) is 0. The summed E-state index contributed by atoms with van der Waals surface area (Å²) < 4.78 is 5.57. The molecule has 2 aromatic rings. The first kappa shape index (κ1) is 12.5. The Kier molecular flexibility index (Phi) is 3.77. The summed E-state index contributed by atoms with van der Waals surface area (Å²) in [6.45, 7) is 1.89. The lowest BCUT2D eigenvalue weighted by molar-refractivity contribution is 0.147. The van der Waals surface area contributed by atoms with Gasteiger partial charge >= 0.3 is 0 Å². The average Bonchev–Trinajstić information content (AvgIpc) is 2.76. The summed E-state index contributed by atoms with van der Waals surface area (Å²) in [6, 6.07) is 8.77. The lowest BCUT2D eigenvalue weighted by atomic mass is 10.2. The number of furan rings is 1. The van der Waals surface area contributed by atoms with Crippen LogP contribution in [0.3, 0.4) is 0 Å². The molecule has 0 saturated heterocycles. The van der Waals surface area contributed by atoms with Gasteiger partial charge in [0, 0.05) is 15.6 Å². The van der Waals surface area contributed by atoms with Crippen molar-refractivity contribution in [2.24, 2.45) is 0 Å². The number of benzene rings is 1. The Bertz CT molecular complexity index is 500. The third kappa shape index (κ3) is 2.83. The summed E-state index contributed by atoms with van der Waals surface area (Å²) in [5, 5.41) is 10.8. The maximum absolute atomic E-state index is 9.65. The number of aliphatic hydroxyl groups is 1. The van der Waals surface area contributed by atoms with Gasteiger partial charge in [-0.3, -0.25) is 0 Å². The Balaban J connectivity index is 2.36. The van der Waals surface area contributed by atoms with Crippen LogP contribution in [0.15, 0.2) is 34.7 Å². The highest BCUT2D eigenvalue weighted by Gasteiger charge is 2.11. The predicted molar refractivity (Wildman–Crippen MR) is 69.4 cm³/mol.